The Morgan fingerprint density at radius 2 is 2.23 bits per heavy atom. The van der Waals surface area contributed by atoms with Gasteiger partial charge < -0.3 is 10.2 Å². The molecule has 1 saturated carbocycles. The second-order valence-electron chi connectivity index (χ2n) is 4.67. The number of nitrogens with zero attached hydrogens (tertiary/aromatic N) is 1. The molecule has 1 saturated heterocycles. The van der Waals surface area contributed by atoms with Gasteiger partial charge in [-0.3, -0.25) is 4.79 Å². The molecule has 1 N–H and O–H groups in total. The summed E-state index contributed by atoms with van der Waals surface area (Å²) in [5.41, 5.74) is 0.0110. The van der Waals surface area contributed by atoms with Crippen molar-refractivity contribution in [3.8, 4) is 0 Å². The number of carbonyl (C=O) groups excluding carboxylic acids is 1. The fraction of sp³-hybridized carbons (Fsp3) is 0.900. The minimum absolute atomic E-state index is 0.0110. The number of amides is 1. The summed E-state index contributed by atoms with van der Waals surface area (Å²) in [4.78, 5) is 13.9. The molecule has 0 aromatic carbocycles. The number of carbonyl (C=O) groups is 1. The normalized spacial score (nSPS) is 31.5. The molecule has 74 valence electrons. The van der Waals surface area contributed by atoms with Gasteiger partial charge in [0.1, 0.15) is 0 Å². The summed E-state index contributed by atoms with van der Waals surface area (Å²) in [6, 6.07) is 0.458. The Bertz CT molecular complexity index is 223. The molecule has 0 aromatic rings. The van der Waals surface area contributed by atoms with Gasteiger partial charge in [0.25, 0.3) is 0 Å². The molecule has 1 atom stereocenters. The van der Waals surface area contributed by atoms with E-state index >= 15 is 0 Å². The standard InChI is InChI=1S/C10H18N2O/c1-8-7-12(6-5-11-8)9(13)10(2)3-4-10/h8,11H,3-7H2,1-2H3/t8-/m0/s1. The van der Waals surface area contributed by atoms with Crippen molar-refractivity contribution < 1.29 is 4.79 Å². The number of nitrogens with one attached hydrogen (secondary N) is 1. The van der Waals surface area contributed by atoms with Gasteiger partial charge in [-0.05, 0) is 19.8 Å². The van der Waals surface area contributed by atoms with Crippen molar-refractivity contribution in [3.63, 3.8) is 0 Å². The lowest BCUT2D eigenvalue weighted by atomic mass is 10.1. The smallest absolute Gasteiger partial charge is 0.228 e. The van der Waals surface area contributed by atoms with Crippen molar-refractivity contribution >= 4 is 5.91 Å². The zero-order valence-corrected chi connectivity index (χ0v) is 8.47. The summed E-state index contributed by atoms with van der Waals surface area (Å²) < 4.78 is 0. The average molecular weight is 182 g/mol. The van der Waals surface area contributed by atoms with E-state index in [1.165, 1.54) is 0 Å². The molecule has 0 bridgehead atoms. The van der Waals surface area contributed by atoms with Gasteiger partial charge in [-0.1, -0.05) is 6.92 Å². The van der Waals surface area contributed by atoms with Crippen molar-refractivity contribution in [1.82, 2.24) is 10.2 Å². The summed E-state index contributed by atoms with van der Waals surface area (Å²) in [5, 5.41) is 3.34. The van der Waals surface area contributed by atoms with Crippen LogP contribution in [-0.2, 0) is 4.79 Å². The second kappa shape index (κ2) is 2.98. The van der Waals surface area contributed by atoms with E-state index in [0.29, 0.717) is 11.9 Å². The molecule has 0 spiro atoms. The van der Waals surface area contributed by atoms with E-state index in [9.17, 15) is 4.79 Å². The Morgan fingerprint density at radius 3 is 2.77 bits per heavy atom. The van der Waals surface area contributed by atoms with Crippen LogP contribution in [0.3, 0.4) is 0 Å². The van der Waals surface area contributed by atoms with E-state index in [0.717, 1.165) is 32.5 Å². The van der Waals surface area contributed by atoms with Crippen LogP contribution in [0.1, 0.15) is 26.7 Å². The maximum absolute atomic E-state index is 11.9. The summed E-state index contributed by atoms with van der Waals surface area (Å²) in [6.07, 6.45) is 2.17. The lowest BCUT2D eigenvalue weighted by Crippen LogP contribution is -2.52. The van der Waals surface area contributed by atoms with Crippen LogP contribution in [0.15, 0.2) is 0 Å². The van der Waals surface area contributed by atoms with Crippen LogP contribution in [0.2, 0.25) is 0 Å². The van der Waals surface area contributed by atoms with Gasteiger partial charge in [-0.15, -0.1) is 0 Å². The molecule has 13 heavy (non-hydrogen) atoms. The molecule has 1 aliphatic heterocycles. The fourth-order valence-corrected chi connectivity index (χ4v) is 1.90. The van der Waals surface area contributed by atoms with Crippen LogP contribution in [0, 0.1) is 5.41 Å². The summed E-state index contributed by atoms with van der Waals surface area (Å²) in [5.74, 6) is 0.376. The number of piperazine rings is 1. The predicted octanol–water partition coefficient (Wildman–Crippen LogP) is 0.607. The number of rotatable bonds is 1. The quantitative estimate of drug-likeness (QED) is 0.644. The van der Waals surface area contributed by atoms with E-state index < -0.39 is 0 Å². The Hall–Kier alpha value is -0.570. The van der Waals surface area contributed by atoms with Gasteiger partial charge in [0.05, 0.1) is 0 Å². The topological polar surface area (TPSA) is 32.3 Å². The first-order chi connectivity index (χ1) is 6.12. The van der Waals surface area contributed by atoms with Crippen LogP contribution in [0.4, 0.5) is 0 Å². The van der Waals surface area contributed by atoms with Crippen LogP contribution >= 0.6 is 0 Å². The lowest BCUT2D eigenvalue weighted by molar-refractivity contribution is -0.137. The lowest BCUT2D eigenvalue weighted by Gasteiger charge is -2.33. The molecule has 0 radical (unpaired) electrons. The SMILES string of the molecule is C[C@H]1CN(C(=O)C2(C)CC2)CCN1. The monoisotopic (exact) mass is 182 g/mol. The molecule has 3 nitrogen and oxygen atoms in total. The minimum atomic E-state index is 0.0110. The van der Waals surface area contributed by atoms with E-state index in [-0.39, 0.29) is 5.41 Å². The van der Waals surface area contributed by atoms with Crippen molar-refractivity contribution in [3.05, 3.63) is 0 Å². The molecule has 2 rings (SSSR count). The van der Waals surface area contributed by atoms with Gasteiger partial charge in [-0.25, -0.2) is 0 Å². The minimum Gasteiger partial charge on any atom is -0.339 e. The Balaban J connectivity index is 1.96. The molecule has 2 fully saturated rings. The molecule has 1 aliphatic carbocycles. The highest BCUT2D eigenvalue weighted by molar-refractivity contribution is 5.85. The Morgan fingerprint density at radius 1 is 1.54 bits per heavy atom. The third kappa shape index (κ3) is 1.70. The molecule has 0 unspecified atom stereocenters. The van der Waals surface area contributed by atoms with Gasteiger partial charge in [0.15, 0.2) is 0 Å². The fourth-order valence-electron chi connectivity index (χ4n) is 1.90. The maximum atomic E-state index is 11.9. The first-order valence-electron chi connectivity index (χ1n) is 5.15. The van der Waals surface area contributed by atoms with Crippen molar-refractivity contribution in [2.75, 3.05) is 19.6 Å². The third-order valence-electron chi connectivity index (χ3n) is 3.17. The van der Waals surface area contributed by atoms with E-state index in [1.54, 1.807) is 0 Å². The summed E-state index contributed by atoms with van der Waals surface area (Å²) in [6.45, 7) is 6.94. The van der Waals surface area contributed by atoms with Crippen LogP contribution in [0.5, 0.6) is 0 Å². The number of hydrogen-bond acceptors (Lipinski definition) is 2. The molecule has 1 amide bonds. The molecular formula is C10H18N2O. The van der Waals surface area contributed by atoms with Crippen LogP contribution in [0.25, 0.3) is 0 Å². The first kappa shape index (κ1) is 9.00. The van der Waals surface area contributed by atoms with Gasteiger partial charge in [0.2, 0.25) is 5.91 Å². The third-order valence-corrected chi connectivity index (χ3v) is 3.17. The Labute approximate surface area is 79.5 Å². The van der Waals surface area contributed by atoms with Gasteiger partial charge >= 0.3 is 0 Å². The molecule has 0 aromatic heterocycles. The highest BCUT2D eigenvalue weighted by atomic mass is 16.2. The zero-order valence-electron chi connectivity index (χ0n) is 8.47. The average Bonchev–Trinajstić information content (AvgIpc) is 2.84. The van der Waals surface area contributed by atoms with Crippen molar-refractivity contribution in [2.45, 2.75) is 32.7 Å². The molecule has 2 aliphatic rings. The maximum Gasteiger partial charge on any atom is 0.228 e. The second-order valence-corrected chi connectivity index (χ2v) is 4.67. The molecule has 1 heterocycles. The summed E-state index contributed by atoms with van der Waals surface area (Å²) >= 11 is 0. The zero-order chi connectivity index (χ0) is 9.47. The molecule has 3 heteroatoms. The summed E-state index contributed by atoms with van der Waals surface area (Å²) in [7, 11) is 0. The van der Waals surface area contributed by atoms with Gasteiger partial charge in [-0.2, -0.15) is 0 Å². The number of hydrogen-bond donors (Lipinski definition) is 1. The van der Waals surface area contributed by atoms with Crippen LogP contribution < -0.4 is 5.32 Å². The van der Waals surface area contributed by atoms with Crippen LogP contribution in [-0.4, -0.2) is 36.5 Å². The van der Waals surface area contributed by atoms with Gasteiger partial charge in [0, 0.05) is 31.1 Å². The highest BCUT2D eigenvalue weighted by Gasteiger charge is 2.47. The van der Waals surface area contributed by atoms with Crippen molar-refractivity contribution in [1.29, 1.82) is 0 Å². The first-order valence-corrected chi connectivity index (χ1v) is 5.15. The van der Waals surface area contributed by atoms with E-state index in [1.807, 2.05) is 4.90 Å². The van der Waals surface area contributed by atoms with Crippen molar-refractivity contribution in [2.24, 2.45) is 5.41 Å². The highest BCUT2D eigenvalue weighted by Crippen LogP contribution is 2.46. The van der Waals surface area contributed by atoms with E-state index in [2.05, 4.69) is 19.2 Å². The van der Waals surface area contributed by atoms with E-state index in [4.69, 9.17) is 0 Å². The largest absolute Gasteiger partial charge is 0.339 e. The molecular weight excluding hydrogens is 164 g/mol. The Kier molecular flexibility index (Phi) is 2.06. The predicted molar refractivity (Wildman–Crippen MR) is 51.4 cm³/mol.